The van der Waals surface area contributed by atoms with Gasteiger partial charge in [0.15, 0.2) is 11.6 Å². The lowest BCUT2D eigenvalue weighted by atomic mass is 9.72. The fourth-order valence-corrected chi connectivity index (χ4v) is 5.72. The van der Waals surface area contributed by atoms with Crippen LogP contribution in [0.5, 0.6) is 0 Å². The quantitative estimate of drug-likeness (QED) is 0.172. The molecule has 3 nitrogen and oxygen atoms in total. The van der Waals surface area contributed by atoms with Crippen molar-refractivity contribution in [3.63, 3.8) is 0 Å². The molecule has 0 saturated carbocycles. The minimum Gasteiger partial charge on any atom is -0.310 e. The van der Waals surface area contributed by atoms with Gasteiger partial charge in [0.25, 0.3) is 0 Å². The third kappa shape index (κ3) is 3.67. The summed E-state index contributed by atoms with van der Waals surface area (Å²) < 4.78 is 0. The number of anilines is 3. The normalized spacial score (nSPS) is 16.6. The molecule has 1 aliphatic heterocycles. The van der Waals surface area contributed by atoms with Crippen molar-refractivity contribution in [2.45, 2.75) is 39.0 Å². The summed E-state index contributed by atoms with van der Waals surface area (Å²) in [6.07, 6.45) is 1.73. The predicted octanol–water partition coefficient (Wildman–Crippen LogP) is 7.18. The van der Waals surface area contributed by atoms with Crippen LogP contribution in [0.15, 0.2) is 90.5 Å². The van der Waals surface area contributed by atoms with Gasteiger partial charge >= 0.3 is 0 Å². The molecule has 0 bridgehead atoms. The number of carbonyl (C=O) groups is 2. The number of Topliss-reactive ketones (excluding diaryl/α,β-unsaturated/α-hetero) is 2. The average molecular weight is 493 g/mol. The van der Waals surface area contributed by atoms with Gasteiger partial charge in [0.2, 0.25) is 0 Å². The summed E-state index contributed by atoms with van der Waals surface area (Å²) in [6, 6.07) is 28.3. The highest BCUT2D eigenvalue weighted by molar-refractivity contribution is 6.42. The molecular formula is C34H28BNO2. The lowest BCUT2D eigenvalue weighted by Gasteiger charge is -2.42. The number of nitrogens with zero attached hydrogens (tertiary/aromatic N) is 1. The maximum Gasteiger partial charge on any atom is 0.197 e. The Bertz CT molecular complexity index is 1660. The molecule has 0 atom stereocenters. The molecule has 1 aliphatic carbocycles. The smallest absolute Gasteiger partial charge is 0.197 e. The van der Waals surface area contributed by atoms with E-state index in [4.69, 9.17) is 7.85 Å². The topological polar surface area (TPSA) is 37.4 Å². The molecule has 2 radical (unpaired) electrons. The van der Waals surface area contributed by atoms with Crippen molar-refractivity contribution in [3.8, 4) is 0 Å². The lowest BCUT2D eigenvalue weighted by molar-refractivity contribution is 0.0990. The molecule has 0 amide bonds. The van der Waals surface area contributed by atoms with Gasteiger partial charge in [-0.05, 0) is 64.6 Å². The summed E-state index contributed by atoms with van der Waals surface area (Å²) in [7, 11) is 5.88. The minimum absolute atomic E-state index is 0.182. The van der Waals surface area contributed by atoms with Crippen LogP contribution in [0.1, 0.15) is 76.6 Å². The maximum atomic E-state index is 13.1. The first-order valence-electron chi connectivity index (χ1n) is 13.0. The number of ketones is 2. The highest BCUT2D eigenvalue weighted by Crippen LogP contribution is 2.52. The Kier molecular flexibility index (Phi) is 5.53. The molecule has 0 N–H and O–H groups in total. The number of para-hydroxylation sites is 1. The molecule has 4 aromatic carbocycles. The van der Waals surface area contributed by atoms with Crippen LogP contribution in [-0.4, -0.2) is 19.4 Å². The van der Waals surface area contributed by atoms with E-state index < -0.39 is 0 Å². The molecule has 0 saturated heterocycles. The van der Waals surface area contributed by atoms with Gasteiger partial charge in [-0.15, -0.1) is 0 Å². The highest BCUT2D eigenvalue weighted by atomic mass is 16.2. The van der Waals surface area contributed by atoms with Crippen molar-refractivity contribution < 1.29 is 9.59 Å². The Labute approximate surface area is 225 Å². The molecule has 184 valence electrons. The second kappa shape index (κ2) is 8.70. The zero-order chi connectivity index (χ0) is 26.8. The standard InChI is InChI=1S/C34H28BNO2/c1-20(2)22-11-15-31-29(18-22)34(3,4)28-17-21(10-14-30(28)36(31)24-8-6-5-7-9-24)16-27-32(37)25-13-12-23(35)19-26(25)33(27)38/h5-20H,1-4H3/b27-16-. The molecule has 4 heteroatoms. The van der Waals surface area contributed by atoms with E-state index in [0.717, 1.165) is 22.5 Å². The van der Waals surface area contributed by atoms with Crippen molar-refractivity contribution in [3.05, 3.63) is 124 Å². The average Bonchev–Trinajstić information content (AvgIpc) is 3.13. The zero-order valence-electron chi connectivity index (χ0n) is 22.1. The molecule has 4 aromatic rings. The molecule has 2 aliphatic rings. The number of fused-ring (bicyclic) bond motifs is 3. The van der Waals surface area contributed by atoms with E-state index in [0.29, 0.717) is 22.5 Å². The van der Waals surface area contributed by atoms with Crippen molar-refractivity contribution in [2.75, 3.05) is 4.90 Å². The van der Waals surface area contributed by atoms with E-state index in [1.54, 1.807) is 24.3 Å². The summed E-state index contributed by atoms with van der Waals surface area (Å²) >= 11 is 0. The highest BCUT2D eigenvalue weighted by Gasteiger charge is 2.38. The van der Waals surface area contributed by atoms with Crippen LogP contribution in [0.4, 0.5) is 17.1 Å². The van der Waals surface area contributed by atoms with Gasteiger partial charge in [-0.3, -0.25) is 9.59 Å². The Morgan fingerprint density at radius 3 is 2.13 bits per heavy atom. The summed E-state index contributed by atoms with van der Waals surface area (Å²) in [6.45, 7) is 8.93. The van der Waals surface area contributed by atoms with E-state index in [9.17, 15) is 9.59 Å². The first-order chi connectivity index (χ1) is 18.2. The summed E-state index contributed by atoms with van der Waals surface area (Å²) in [5.41, 5.74) is 9.01. The number of carbonyl (C=O) groups excluding carboxylic acids is 2. The SMILES string of the molecule is [B]c1ccc2c(c1)C(=O)/C(=C\c1ccc3c(c1)C(C)(C)c1cc(C(C)C)ccc1N3c1ccccc1)C2=O. The van der Waals surface area contributed by atoms with Gasteiger partial charge in [-0.1, -0.05) is 87.8 Å². The van der Waals surface area contributed by atoms with E-state index in [1.807, 2.05) is 12.1 Å². The van der Waals surface area contributed by atoms with Crippen molar-refractivity contribution in [1.29, 1.82) is 0 Å². The van der Waals surface area contributed by atoms with Crippen molar-refractivity contribution in [2.24, 2.45) is 0 Å². The number of allylic oxidation sites excluding steroid dienone is 1. The molecule has 38 heavy (non-hydrogen) atoms. The number of rotatable bonds is 3. The van der Waals surface area contributed by atoms with Crippen LogP contribution in [0, 0.1) is 0 Å². The van der Waals surface area contributed by atoms with E-state index >= 15 is 0 Å². The van der Waals surface area contributed by atoms with E-state index in [1.165, 1.54) is 16.8 Å². The van der Waals surface area contributed by atoms with Gasteiger partial charge in [-0.2, -0.15) is 0 Å². The Hall–Kier alpha value is -4.18. The third-order valence-electron chi connectivity index (χ3n) is 7.88. The fraction of sp³-hybridized carbons (Fsp3) is 0.176. The van der Waals surface area contributed by atoms with Crippen LogP contribution < -0.4 is 10.4 Å². The Morgan fingerprint density at radius 2 is 1.42 bits per heavy atom. The van der Waals surface area contributed by atoms with E-state index in [2.05, 4.69) is 87.2 Å². The summed E-state index contributed by atoms with van der Waals surface area (Å²) in [5, 5.41) is 0. The molecule has 0 aromatic heterocycles. The zero-order valence-corrected chi connectivity index (χ0v) is 22.1. The van der Waals surface area contributed by atoms with Gasteiger partial charge < -0.3 is 4.90 Å². The van der Waals surface area contributed by atoms with E-state index in [-0.39, 0.29) is 22.6 Å². The maximum absolute atomic E-state index is 13.1. The van der Waals surface area contributed by atoms with Crippen molar-refractivity contribution >= 4 is 48.0 Å². The Morgan fingerprint density at radius 1 is 0.763 bits per heavy atom. The first-order valence-corrected chi connectivity index (χ1v) is 13.0. The second-order valence-corrected chi connectivity index (χ2v) is 11.0. The molecule has 0 spiro atoms. The number of hydrogen-bond donors (Lipinski definition) is 0. The largest absolute Gasteiger partial charge is 0.310 e. The van der Waals surface area contributed by atoms with Crippen LogP contribution in [0.2, 0.25) is 0 Å². The predicted molar refractivity (Wildman–Crippen MR) is 156 cm³/mol. The fourth-order valence-electron chi connectivity index (χ4n) is 5.72. The first kappa shape index (κ1) is 24.2. The third-order valence-corrected chi connectivity index (χ3v) is 7.88. The number of hydrogen-bond acceptors (Lipinski definition) is 3. The van der Waals surface area contributed by atoms with Gasteiger partial charge in [0.05, 0.1) is 16.9 Å². The second-order valence-electron chi connectivity index (χ2n) is 11.0. The van der Waals surface area contributed by atoms with Gasteiger partial charge in [0, 0.05) is 22.2 Å². The summed E-state index contributed by atoms with van der Waals surface area (Å²) in [4.78, 5) is 28.5. The van der Waals surface area contributed by atoms with Gasteiger partial charge in [0.1, 0.15) is 7.85 Å². The lowest BCUT2D eigenvalue weighted by Crippen LogP contribution is -2.31. The molecule has 0 fully saturated rings. The van der Waals surface area contributed by atoms with Crippen LogP contribution >= 0.6 is 0 Å². The molecule has 6 rings (SSSR count). The van der Waals surface area contributed by atoms with Gasteiger partial charge in [-0.25, -0.2) is 0 Å². The van der Waals surface area contributed by atoms with Crippen LogP contribution in [0.3, 0.4) is 0 Å². The Balaban J connectivity index is 1.52. The summed E-state index contributed by atoms with van der Waals surface area (Å²) in [5.74, 6) is -0.110. The van der Waals surface area contributed by atoms with Crippen molar-refractivity contribution in [1.82, 2.24) is 0 Å². The van der Waals surface area contributed by atoms with Crippen LogP contribution in [0.25, 0.3) is 6.08 Å². The molecular weight excluding hydrogens is 465 g/mol. The van der Waals surface area contributed by atoms with Crippen LogP contribution in [-0.2, 0) is 5.41 Å². The number of benzene rings is 4. The minimum atomic E-state index is -0.295. The molecule has 1 heterocycles. The monoisotopic (exact) mass is 493 g/mol. The molecule has 0 unspecified atom stereocenters.